The monoisotopic (exact) mass is 367 g/mol. The number of benzene rings is 2. The summed E-state index contributed by atoms with van der Waals surface area (Å²) in [5, 5.41) is 3.17. The lowest BCUT2D eigenvalue weighted by Gasteiger charge is -2.10. The number of hydrogen-bond donors (Lipinski definition) is 1. The Bertz CT molecular complexity index is 734. The molecule has 0 saturated heterocycles. The molecular weight excluding hydrogens is 350 g/mol. The van der Waals surface area contributed by atoms with Gasteiger partial charge in [-0.3, -0.25) is 9.00 Å². The molecule has 0 aliphatic rings. The van der Waals surface area contributed by atoms with Crippen molar-refractivity contribution in [1.29, 1.82) is 0 Å². The first-order valence-corrected chi connectivity index (χ1v) is 9.11. The number of hydrogen-bond acceptors (Lipinski definition) is 4. The molecule has 0 bridgehead atoms. The summed E-state index contributed by atoms with van der Waals surface area (Å²) in [5.74, 6) is 0.258. The Kier molecular flexibility index (Phi) is 6.78. The fraction of sp³-hybridized carbons (Fsp3) is 0.235. The molecule has 7 heteroatoms. The molecule has 1 amide bonds. The number of carbonyl (C=O) groups excluding carboxylic acids is 1. The average Bonchev–Trinajstić information content (AvgIpc) is 2.57. The lowest BCUT2D eigenvalue weighted by Crippen LogP contribution is -2.12. The molecule has 2 aromatic carbocycles. The quantitative estimate of drug-likeness (QED) is 0.762. The third kappa shape index (κ3) is 5.06. The fourth-order valence-electron chi connectivity index (χ4n) is 1.93. The Balaban J connectivity index is 2.03. The summed E-state index contributed by atoms with van der Waals surface area (Å²) in [4.78, 5) is 12.9. The van der Waals surface area contributed by atoms with Gasteiger partial charge in [0.1, 0.15) is 12.4 Å². The Morgan fingerprint density at radius 1 is 1.17 bits per heavy atom. The summed E-state index contributed by atoms with van der Waals surface area (Å²) < 4.78 is 21.7. The maximum absolute atomic E-state index is 12.2. The van der Waals surface area contributed by atoms with E-state index in [9.17, 15) is 9.00 Å². The van der Waals surface area contributed by atoms with Gasteiger partial charge < -0.3 is 14.8 Å². The zero-order valence-corrected chi connectivity index (χ0v) is 14.9. The molecule has 1 unspecified atom stereocenters. The van der Waals surface area contributed by atoms with Crippen LogP contribution in [0.1, 0.15) is 10.4 Å². The van der Waals surface area contributed by atoms with Gasteiger partial charge in [0.15, 0.2) is 0 Å². The van der Waals surface area contributed by atoms with Crippen molar-refractivity contribution in [2.45, 2.75) is 4.90 Å². The van der Waals surface area contributed by atoms with Gasteiger partial charge in [-0.25, -0.2) is 0 Å². The Morgan fingerprint density at radius 2 is 1.88 bits per heavy atom. The Morgan fingerprint density at radius 3 is 2.46 bits per heavy atom. The van der Waals surface area contributed by atoms with Crippen LogP contribution in [0.3, 0.4) is 0 Å². The highest BCUT2D eigenvalue weighted by Gasteiger charge is 2.09. The molecule has 0 fully saturated rings. The fourth-order valence-corrected chi connectivity index (χ4v) is 2.69. The van der Waals surface area contributed by atoms with Crippen LogP contribution >= 0.6 is 11.6 Å². The van der Waals surface area contributed by atoms with Crippen molar-refractivity contribution in [2.75, 3.05) is 31.9 Å². The second-order valence-corrected chi connectivity index (χ2v) is 6.71. The number of carbonyl (C=O) groups is 1. The Hall–Kier alpha value is -1.89. The number of amides is 1. The molecule has 0 aliphatic heterocycles. The van der Waals surface area contributed by atoms with Crippen LogP contribution in [0.2, 0.25) is 5.02 Å². The molecule has 2 aromatic rings. The number of rotatable bonds is 7. The van der Waals surface area contributed by atoms with Gasteiger partial charge in [0.05, 0.1) is 11.6 Å². The molecule has 5 nitrogen and oxygen atoms in total. The normalized spacial score (nSPS) is 11.8. The van der Waals surface area contributed by atoms with E-state index in [1.807, 2.05) is 0 Å². The number of anilines is 1. The molecule has 1 atom stereocenters. The molecule has 0 saturated carbocycles. The molecule has 1 N–H and O–H groups in total. The third-order valence-corrected chi connectivity index (χ3v) is 4.41. The first-order chi connectivity index (χ1) is 11.5. The molecular formula is C17H18ClNO4S. The summed E-state index contributed by atoms with van der Waals surface area (Å²) in [6, 6.07) is 11.6. The minimum atomic E-state index is -1.07. The largest absolute Gasteiger partial charge is 0.490 e. The molecule has 0 radical (unpaired) electrons. The highest BCUT2D eigenvalue weighted by atomic mass is 35.5. The van der Waals surface area contributed by atoms with E-state index in [2.05, 4.69) is 5.32 Å². The number of methoxy groups -OCH3 is 1. The van der Waals surface area contributed by atoms with E-state index in [1.165, 1.54) is 0 Å². The highest BCUT2D eigenvalue weighted by molar-refractivity contribution is 7.84. The van der Waals surface area contributed by atoms with E-state index in [1.54, 1.807) is 55.8 Å². The van der Waals surface area contributed by atoms with Crippen molar-refractivity contribution in [3.05, 3.63) is 53.1 Å². The number of halogens is 1. The van der Waals surface area contributed by atoms with Gasteiger partial charge in [0.2, 0.25) is 0 Å². The van der Waals surface area contributed by atoms with Crippen LogP contribution in [-0.2, 0) is 15.5 Å². The van der Waals surface area contributed by atoms with E-state index >= 15 is 0 Å². The predicted molar refractivity (Wildman–Crippen MR) is 95.6 cm³/mol. The predicted octanol–water partition coefficient (Wildman–Crippen LogP) is 3.35. The molecule has 24 heavy (non-hydrogen) atoms. The first kappa shape index (κ1) is 18.4. The topological polar surface area (TPSA) is 64.6 Å². The van der Waals surface area contributed by atoms with Gasteiger partial charge in [0, 0.05) is 40.3 Å². The first-order valence-electron chi connectivity index (χ1n) is 7.17. The summed E-state index contributed by atoms with van der Waals surface area (Å²) >= 11 is 6.14. The summed E-state index contributed by atoms with van der Waals surface area (Å²) in [6.07, 6.45) is 1.59. The van der Waals surface area contributed by atoms with Crippen molar-refractivity contribution in [1.82, 2.24) is 0 Å². The van der Waals surface area contributed by atoms with Gasteiger partial charge in [-0.05, 0) is 42.5 Å². The molecule has 0 aromatic heterocycles. The van der Waals surface area contributed by atoms with Crippen LogP contribution in [0.15, 0.2) is 47.4 Å². The van der Waals surface area contributed by atoms with Gasteiger partial charge >= 0.3 is 0 Å². The summed E-state index contributed by atoms with van der Waals surface area (Å²) in [6.45, 7) is 0.862. The average molecular weight is 368 g/mol. The standard InChI is InChI=1S/C17H18ClNO4S/c1-22-9-10-23-16-8-5-13(11-15(16)18)19-17(20)12-3-6-14(7-4-12)24(2)21/h3-8,11H,9-10H2,1-2H3,(H,19,20). The second-order valence-electron chi connectivity index (χ2n) is 4.92. The third-order valence-electron chi connectivity index (χ3n) is 3.18. The van der Waals surface area contributed by atoms with Crippen LogP contribution in [0.5, 0.6) is 5.75 Å². The maximum Gasteiger partial charge on any atom is 0.255 e. The van der Waals surface area contributed by atoms with Crippen molar-refractivity contribution in [3.63, 3.8) is 0 Å². The lowest BCUT2D eigenvalue weighted by atomic mass is 10.2. The zero-order valence-electron chi connectivity index (χ0n) is 13.4. The molecule has 2 rings (SSSR count). The maximum atomic E-state index is 12.2. The van der Waals surface area contributed by atoms with Crippen LogP contribution in [0.25, 0.3) is 0 Å². The van der Waals surface area contributed by atoms with Gasteiger partial charge in [-0.2, -0.15) is 0 Å². The van der Waals surface area contributed by atoms with E-state index in [4.69, 9.17) is 21.1 Å². The second kappa shape index (κ2) is 8.82. The van der Waals surface area contributed by atoms with E-state index in [0.29, 0.717) is 40.1 Å². The molecule has 0 spiro atoms. The smallest absolute Gasteiger partial charge is 0.255 e. The van der Waals surface area contributed by atoms with Crippen molar-refractivity contribution >= 4 is 34.0 Å². The van der Waals surface area contributed by atoms with Crippen molar-refractivity contribution in [3.8, 4) is 5.75 Å². The SMILES string of the molecule is COCCOc1ccc(NC(=O)c2ccc(S(C)=O)cc2)cc1Cl. The lowest BCUT2D eigenvalue weighted by molar-refractivity contribution is 0.102. The van der Waals surface area contributed by atoms with Crippen molar-refractivity contribution in [2.24, 2.45) is 0 Å². The van der Waals surface area contributed by atoms with Crippen LogP contribution in [0, 0.1) is 0 Å². The number of nitrogens with one attached hydrogen (secondary N) is 1. The summed E-state index contributed by atoms with van der Waals surface area (Å²) in [7, 11) is 0.522. The molecule has 0 heterocycles. The van der Waals surface area contributed by atoms with Gasteiger partial charge in [0.25, 0.3) is 5.91 Å². The van der Waals surface area contributed by atoms with Gasteiger partial charge in [-0.1, -0.05) is 11.6 Å². The molecule has 128 valence electrons. The summed E-state index contributed by atoms with van der Waals surface area (Å²) in [5.41, 5.74) is 1.04. The highest BCUT2D eigenvalue weighted by Crippen LogP contribution is 2.28. The minimum Gasteiger partial charge on any atom is -0.490 e. The zero-order chi connectivity index (χ0) is 17.5. The Labute approximate surface area is 148 Å². The van der Waals surface area contributed by atoms with Gasteiger partial charge in [-0.15, -0.1) is 0 Å². The minimum absolute atomic E-state index is 0.271. The van der Waals surface area contributed by atoms with Crippen LogP contribution < -0.4 is 10.1 Å². The molecule has 0 aliphatic carbocycles. The van der Waals surface area contributed by atoms with E-state index < -0.39 is 10.8 Å². The van der Waals surface area contributed by atoms with Crippen LogP contribution in [-0.4, -0.2) is 36.7 Å². The van der Waals surface area contributed by atoms with Crippen LogP contribution in [0.4, 0.5) is 5.69 Å². The van der Waals surface area contributed by atoms with Crippen molar-refractivity contribution < 1.29 is 18.5 Å². The van der Waals surface area contributed by atoms with E-state index in [0.717, 1.165) is 0 Å². The van der Waals surface area contributed by atoms with E-state index in [-0.39, 0.29) is 5.91 Å². The number of ether oxygens (including phenoxy) is 2.